The average molecular weight is 148 g/mol. The zero-order valence-corrected chi connectivity index (χ0v) is 3.69. The Labute approximate surface area is 43.4 Å². The van der Waals surface area contributed by atoms with Crippen molar-refractivity contribution in [2.75, 3.05) is 0 Å². The maximum absolute atomic E-state index is 8.69. The summed E-state index contributed by atoms with van der Waals surface area (Å²) in [4.78, 5) is 8.69. The summed E-state index contributed by atoms with van der Waals surface area (Å²) in [7, 11) is 0. The molecular formula is CHCuFeO. The van der Waals surface area contributed by atoms with Crippen LogP contribution >= 0.6 is 0 Å². The van der Waals surface area contributed by atoms with Gasteiger partial charge in [0.2, 0.25) is 0 Å². The first-order valence-electron chi connectivity index (χ1n) is 0.440. The van der Waals surface area contributed by atoms with Gasteiger partial charge < -0.3 is 0 Å². The maximum Gasteiger partial charge on any atom is 0 e. The average Bonchev–Trinajstić information content (AvgIpc) is 0.918. The smallest absolute Gasteiger partial charge is 0 e. The summed E-state index contributed by atoms with van der Waals surface area (Å²) >= 11 is 2.81. The van der Waals surface area contributed by atoms with Crippen LogP contribution in [0.2, 0.25) is 0 Å². The Bertz CT molecular complexity index is 15.5. The maximum atomic E-state index is 8.69. The molecule has 0 aliphatic heterocycles. The molecule has 0 heterocycles. The van der Waals surface area contributed by atoms with Gasteiger partial charge in [0, 0.05) is 17.1 Å². The quantitative estimate of drug-likeness (QED) is 0.341. The molecule has 0 rings (SSSR count). The Morgan fingerprint density at radius 1 is 1.75 bits per heavy atom. The van der Waals surface area contributed by atoms with E-state index < -0.39 is 0 Å². The summed E-state index contributed by atoms with van der Waals surface area (Å²) in [5, 5.41) is 0.500. The number of carbonyl (C=O) groups is 1. The summed E-state index contributed by atoms with van der Waals surface area (Å²) in [5.74, 6) is 0. The normalized spacial score (nSPS) is 3.25. The Kier molecular flexibility index (Phi) is 20.6. The van der Waals surface area contributed by atoms with E-state index in [1.165, 1.54) is 0 Å². The van der Waals surface area contributed by atoms with Gasteiger partial charge in [0.1, 0.15) is 0 Å². The van der Waals surface area contributed by atoms with Gasteiger partial charge in [-0.05, 0) is 0 Å². The van der Waals surface area contributed by atoms with Gasteiger partial charge in [-0.1, -0.05) is 0 Å². The van der Waals surface area contributed by atoms with Crippen molar-refractivity contribution in [3.63, 3.8) is 0 Å². The van der Waals surface area contributed by atoms with Gasteiger partial charge in [0.25, 0.3) is 0 Å². The van der Waals surface area contributed by atoms with Crippen LogP contribution in [0.15, 0.2) is 0 Å². The molecule has 0 N–H and O–H groups in total. The van der Waals surface area contributed by atoms with E-state index in [9.17, 15) is 0 Å². The molecule has 1 radical (unpaired) electrons. The molecule has 1 nitrogen and oxygen atoms in total. The molecule has 0 aliphatic carbocycles. The molecule has 0 atom stereocenters. The van der Waals surface area contributed by atoms with Crippen LogP contribution in [-0.2, 0) is 37.9 Å². The van der Waals surface area contributed by atoms with Gasteiger partial charge in [-0.3, -0.25) is 0 Å². The number of hydrogen-bond acceptors (Lipinski definition) is 1. The molecule has 30 valence electrons. The molecule has 4 heavy (non-hydrogen) atoms. The van der Waals surface area contributed by atoms with Gasteiger partial charge in [-0.25, -0.2) is 0 Å². The van der Waals surface area contributed by atoms with E-state index in [4.69, 9.17) is 4.79 Å². The van der Waals surface area contributed by atoms with Crippen LogP contribution in [0.5, 0.6) is 0 Å². The molecule has 0 spiro atoms. The van der Waals surface area contributed by atoms with Gasteiger partial charge in [0.15, 0.2) is 0 Å². The first-order valence-corrected chi connectivity index (χ1v) is 1.08. The van der Waals surface area contributed by atoms with Crippen molar-refractivity contribution in [2.24, 2.45) is 0 Å². The monoisotopic (exact) mass is 148 g/mol. The van der Waals surface area contributed by atoms with E-state index in [0.717, 1.165) is 0 Å². The van der Waals surface area contributed by atoms with Gasteiger partial charge >= 0.3 is 26.0 Å². The van der Waals surface area contributed by atoms with E-state index in [2.05, 4.69) is 16.0 Å². The third-order valence-electron chi connectivity index (χ3n) is 0. The molecule has 0 fully saturated rings. The zero-order valence-electron chi connectivity index (χ0n) is 1.64. The largest absolute Gasteiger partial charge is 0 e. The summed E-state index contributed by atoms with van der Waals surface area (Å²) in [6.07, 6.45) is 0. The molecule has 0 aromatic rings. The van der Waals surface area contributed by atoms with Crippen molar-refractivity contribution in [3.8, 4) is 0 Å². The first kappa shape index (κ1) is 8.83. The molecule has 0 aromatic carbocycles. The van der Waals surface area contributed by atoms with Crippen LogP contribution < -0.4 is 0 Å². The van der Waals surface area contributed by atoms with Crippen molar-refractivity contribution < 1.29 is 37.9 Å². The van der Waals surface area contributed by atoms with Crippen LogP contribution in [0.4, 0.5) is 0 Å². The fourth-order valence-electron chi connectivity index (χ4n) is 0. The Hall–Kier alpha value is 0.709. The van der Waals surface area contributed by atoms with E-state index >= 15 is 0 Å². The van der Waals surface area contributed by atoms with E-state index in [0.29, 0.717) is 5.18 Å². The molecule has 0 amide bonds. The van der Waals surface area contributed by atoms with Crippen molar-refractivity contribution >= 4 is 5.18 Å². The zero-order chi connectivity index (χ0) is 2.71. The molecule has 3 heteroatoms. The predicted molar refractivity (Wildman–Crippen MR) is 6.75 cm³/mol. The standard InChI is InChI=1S/CHO.Cu.Fe/c1-2;;/h1H;;. The van der Waals surface area contributed by atoms with Gasteiger partial charge in [-0.2, -0.15) is 0 Å². The second-order valence-corrected chi connectivity index (χ2v) is 0.344. The topological polar surface area (TPSA) is 17.1 Å². The fourth-order valence-corrected chi connectivity index (χ4v) is 0. The Balaban J connectivity index is 0. The minimum Gasteiger partial charge on any atom is 0 e. The number of rotatable bonds is 0. The van der Waals surface area contributed by atoms with Gasteiger partial charge in [0.05, 0.1) is 0 Å². The second kappa shape index (κ2) is 9.32. The van der Waals surface area contributed by atoms with Crippen molar-refractivity contribution in [3.05, 3.63) is 0 Å². The molecular weight excluding hydrogens is 147 g/mol. The van der Waals surface area contributed by atoms with Crippen molar-refractivity contribution in [1.82, 2.24) is 0 Å². The molecule has 0 aliphatic rings. The molecule has 0 saturated heterocycles. The van der Waals surface area contributed by atoms with Gasteiger partial charge in [-0.15, -0.1) is 0 Å². The predicted octanol–water partition coefficient (Wildman–Crippen LogP) is -0.279. The van der Waals surface area contributed by atoms with Crippen LogP contribution in [-0.4, -0.2) is 5.18 Å². The molecule has 0 unspecified atom stereocenters. The van der Waals surface area contributed by atoms with E-state index in [1.54, 1.807) is 0 Å². The minimum atomic E-state index is 0. The first-order chi connectivity index (χ1) is 1.41. The summed E-state index contributed by atoms with van der Waals surface area (Å²) in [6.45, 7) is 0. The van der Waals surface area contributed by atoms with E-state index in [1.807, 2.05) is 0 Å². The number of carbonyl (C=O) groups excluding carboxylic acids is 1. The molecule has 0 bridgehead atoms. The molecule has 0 saturated carbocycles. The minimum absolute atomic E-state index is 0. The van der Waals surface area contributed by atoms with Crippen LogP contribution in [0, 0.1) is 0 Å². The van der Waals surface area contributed by atoms with Crippen molar-refractivity contribution in [2.45, 2.75) is 0 Å². The third kappa shape index (κ3) is 15.7. The third-order valence-corrected chi connectivity index (χ3v) is 0. The van der Waals surface area contributed by atoms with Crippen LogP contribution in [0.25, 0.3) is 0 Å². The summed E-state index contributed by atoms with van der Waals surface area (Å²) < 4.78 is 0. The van der Waals surface area contributed by atoms with Crippen LogP contribution in [0.1, 0.15) is 0 Å². The fraction of sp³-hybridized carbons (Fsp3) is 0. The molecule has 0 aromatic heterocycles. The Morgan fingerprint density at radius 3 is 1.75 bits per heavy atom. The van der Waals surface area contributed by atoms with Crippen LogP contribution in [0.3, 0.4) is 0 Å². The Morgan fingerprint density at radius 2 is 1.75 bits per heavy atom. The number of hydrogen-bond donors (Lipinski definition) is 0. The summed E-state index contributed by atoms with van der Waals surface area (Å²) in [6, 6.07) is 0. The SMILES string of the molecule is O=[CH][Fe].[Cu]. The summed E-state index contributed by atoms with van der Waals surface area (Å²) in [5.41, 5.74) is 0. The second-order valence-electron chi connectivity index (χ2n) is 0.0833. The van der Waals surface area contributed by atoms with Crippen molar-refractivity contribution in [1.29, 1.82) is 0 Å². The van der Waals surface area contributed by atoms with E-state index in [-0.39, 0.29) is 17.1 Å².